The second kappa shape index (κ2) is 5.48. The highest BCUT2D eigenvalue weighted by Crippen LogP contribution is 2.28. The number of carboxylic acid groups (broad SMARTS) is 1. The number of hydrogen-bond donors (Lipinski definition) is 1. The Labute approximate surface area is 116 Å². The first-order valence-corrected chi connectivity index (χ1v) is 6.89. The van der Waals surface area contributed by atoms with Crippen LogP contribution in [0.2, 0.25) is 0 Å². The zero-order valence-corrected chi connectivity index (χ0v) is 11.9. The largest absolute Gasteiger partial charge is 0.478 e. The molecule has 100 valence electrons. The average molecular weight is 276 g/mol. The molecule has 1 N–H and O–H groups in total. The molecule has 1 heterocycles. The Morgan fingerprint density at radius 1 is 1.32 bits per heavy atom. The summed E-state index contributed by atoms with van der Waals surface area (Å²) in [5.74, 6) is -0.955. The van der Waals surface area contributed by atoms with E-state index in [0.717, 1.165) is 5.56 Å². The Hall–Kier alpha value is -1.75. The molecule has 0 unspecified atom stereocenters. The molecule has 5 heteroatoms. The predicted molar refractivity (Wildman–Crippen MR) is 76.6 cm³/mol. The fourth-order valence-electron chi connectivity index (χ4n) is 1.90. The standard InChI is InChI=1S/C14H16N2O2S/c1-9(2)19-11-6-4-10(5-7-11)13-12(14(17)18)8-15-16(13)3/h4-9H,1-3H3,(H,17,18). The van der Waals surface area contributed by atoms with Crippen LogP contribution in [0.3, 0.4) is 0 Å². The normalized spacial score (nSPS) is 10.9. The molecule has 0 aliphatic rings. The summed E-state index contributed by atoms with van der Waals surface area (Å²) in [4.78, 5) is 12.3. The molecule has 0 spiro atoms. The molecular formula is C14H16N2O2S. The van der Waals surface area contributed by atoms with Crippen LogP contribution in [-0.2, 0) is 7.05 Å². The van der Waals surface area contributed by atoms with Gasteiger partial charge >= 0.3 is 5.97 Å². The van der Waals surface area contributed by atoms with Crippen molar-refractivity contribution in [2.45, 2.75) is 24.0 Å². The van der Waals surface area contributed by atoms with E-state index in [2.05, 4.69) is 18.9 Å². The van der Waals surface area contributed by atoms with Gasteiger partial charge in [-0.1, -0.05) is 26.0 Å². The van der Waals surface area contributed by atoms with E-state index in [0.29, 0.717) is 10.9 Å². The fraction of sp³-hybridized carbons (Fsp3) is 0.286. The van der Waals surface area contributed by atoms with Gasteiger partial charge in [-0.05, 0) is 12.1 Å². The number of rotatable bonds is 4. The molecule has 1 aromatic carbocycles. The number of benzene rings is 1. The van der Waals surface area contributed by atoms with Crippen LogP contribution in [0.25, 0.3) is 11.3 Å². The molecule has 0 atom stereocenters. The minimum absolute atomic E-state index is 0.228. The molecule has 0 fully saturated rings. The van der Waals surface area contributed by atoms with Crippen molar-refractivity contribution in [2.24, 2.45) is 7.05 Å². The summed E-state index contributed by atoms with van der Waals surface area (Å²) >= 11 is 1.78. The van der Waals surface area contributed by atoms with Gasteiger partial charge in [0.2, 0.25) is 0 Å². The molecule has 1 aromatic heterocycles. The maximum atomic E-state index is 11.2. The Morgan fingerprint density at radius 2 is 1.95 bits per heavy atom. The van der Waals surface area contributed by atoms with Crippen molar-refractivity contribution in [3.8, 4) is 11.3 Å². The zero-order chi connectivity index (χ0) is 14.0. The molecule has 0 aliphatic heterocycles. The lowest BCUT2D eigenvalue weighted by molar-refractivity contribution is 0.0697. The lowest BCUT2D eigenvalue weighted by atomic mass is 10.1. The summed E-state index contributed by atoms with van der Waals surface area (Å²) in [6, 6.07) is 7.90. The van der Waals surface area contributed by atoms with Crippen LogP contribution in [0.5, 0.6) is 0 Å². The van der Waals surface area contributed by atoms with Crippen LogP contribution in [0.4, 0.5) is 0 Å². The maximum absolute atomic E-state index is 11.2. The minimum atomic E-state index is -0.955. The number of aromatic carboxylic acids is 1. The fourth-order valence-corrected chi connectivity index (χ4v) is 2.74. The van der Waals surface area contributed by atoms with Gasteiger partial charge in [-0.15, -0.1) is 11.8 Å². The highest BCUT2D eigenvalue weighted by Gasteiger charge is 2.16. The van der Waals surface area contributed by atoms with E-state index < -0.39 is 5.97 Å². The smallest absolute Gasteiger partial charge is 0.339 e. The first-order valence-electron chi connectivity index (χ1n) is 6.01. The first kappa shape index (κ1) is 13.7. The number of aryl methyl sites for hydroxylation is 1. The SMILES string of the molecule is CC(C)Sc1ccc(-c2c(C(=O)O)cnn2C)cc1. The molecule has 4 nitrogen and oxygen atoms in total. The summed E-state index contributed by atoms with van der Waals surface area (Å²) in [7, 11) is 1.75. The van der Waals surface area contributed by atoms with Crippen molar-refractivity contribution < 1.29 is 9.90 Å². The molecule has 0 aliphatic carbocycles. The van der Waals surface area contributed by atoms with Gasteiger partial charge in [-0.3, -0.25) is 4.68 Å². The van der Waals surface area contributed by atoms with Crippen molar-refractivity contribution in [1.82, 2.24) is 9.78 Å². The van der Waals surface area contributed by atoms with E-state index in [4.69, 9.17) is 5.11 Å². The number of hydrogen-bond acceptors (Lipinski definition) is 3. The third kappa shape index (κ3) is 2.98. The summed E-state index contributed by atoms with van der Waals surface area (Å²) in [5, 5.41) is 13.7. The van der Waals surface area contributed by atoms with Gasteiger partial charge < -0.3 is 5.11 Å². The van der Waals surface area contributed by atoms with Gasteiger partial charge in [0, 0.05) is 22.8 Å². The van der Waals surface area contributed by atoms with Gasteiger partial charge in [0.1, 0.15) is 5.56 Å². The van der Waals surface area contributed by atoms with Gasteiger partial charge in [0.15, 0.2) is 0 Å². The Morgan fingerprint density at radius 3 is 2.47 bits per heavy atom. The summed E-state index contributed by atoms with van der Waals surface area (Å²) in [6.45, 7) is 4.28. The van der Waals surface area contributed by atoms with Crippen LogP contribution in [0, 0.1) is 0 Å². The van der Waals surface area contributed by atoms with Crippen LogP contribution in [0.15, 0.2) is 35.4 Å². The monoisotopic (exact) mass is 276 g/mol. The second-order valence-corrected chi connectivity index (χ2v) is 6.18. The maximum Gasteiger partial charge on any atom is 0.339 e. The molecule has 0 saturated carbocycles. The molecule has 0 bridgehead atoms. The van der Waals surface area contributed by atoms with E-state index in [1.165, 1.54) is 11.1 Å². The predicted octanol–water partition coefficient (Wildman–Crippen LogP) is 3.29. The van der Waals surface area contributed by atoms with Crippen LogP contribution in [-0.4, -0.2) is 26.1 Å². The quantitative estimate of drug-likeness (QED) is 0.871. The highest BCUT2D eigenvalue weighted by molar-refractivity contribution is 7.99. The Bertz CT molecular complexity index is 588. The Balaban J connectivity index is 2.37. The van der Waals surface area contributed by atoms with Gasteiger partial charge in [-0.2, -0.15) is 5.10 Å². The van der Waals surface area contributed by atoms with Crippen LogP contribution >= 0.6 is 11.8 Å². The number of carboxylic acids is 1. The Kier molecular flexibility index (Phi) is 3.95. The molecular weight excluding hydrogens is 260 g/mol. The number of thioether (sulfide) groups is 1. The summed E-state index contributed by atoms with van der Waals surface area (Å²) in [6.07, 6.45) is 1.38. The van der Waals surface area contributed by atoms with E-state index in [1.807, 2.05) is 24.3 Å². The van der Waals surface area contributed by atoms with Crippen molar-refractivity contribution in [3.05, 3.63) is 36.0 Å². The summed E-state index contributed by atoms with van der Waals surface area (Å²) in [5.41, 5.74) is 1.73. The molecule has 0 radical (unpaired) electrons. The first-order chi connectivity index (χ1) is 8.99. The number of carbonyl (C=O) groups is 1. The summed E-state index contributed by atoms with van der Waals surface area (Å²) < 4.78 is 1.59. The van der Waals surface area contributed by atoms with Crippen LogP contribution in [0.1, 0.15) is 24.2 Å². The minimum Gasteiger partial charge on any atom is -0.478 e. The van der Waals surface area contributed by atoms with Crippen molar-refractivity contribution in [1.29, 1.82) is 0 Å². The number of nitrogens with zero attached hydrogens (tertiary/aromatic N) is 2. The van der Waals surface area contributed by atoms with Crippen molar-refractivity contribution in [2.75, 3.05) is 0 Å². The topological polar surface area (TPSA) is 55.1 Å². The van der Waals surface area contributed by atoms with E-state index in [1.54, 1.807) is 23.5 Å². The molecule has 2 rings (SSSR count). The second-order valence-electron chi connectivity index (χ2n) is 4.53. The van der Waals surface area contributed by atoms with Crippen molar-refractivity contribution >= 4 is 17.7 Å². The van der Waals surface area contributed by atoms with E-state index in [-0.39, 0.29) is 5.56 Å². The molecule has 19 heavy (non-hydrogen) atoms. The third-order valence-electron chi connectivity index (χ3n) is 2.67. The van der Waals surface area contributed by atoms with Gasteiger partial charge in [0.05, 0.1) is 11.9 Å². The van der Waals surface area contributed by atoms with E-state index >= 15 is 0 Å². The molecule has 0 saturated heterocycles. The average Bonchev–Trinajstić information content (AvgIpc) is 2.71. The van der Waals surface area contributed by atoms with E-state index in [9.17, 15) is 4.79 Å². The van der Waals surface area contributed by atoms with Gasteiger partial charge in [-0.25, -0.2) is 4.79 Å². The van der Waals surface area contributed by atoms with Crippen LogP contribution < -0.4 is 0 Å². The molecule has 2 aromatic rings. The lowest BCUT2D eigenvalue weighted by Crippen LogP contribution is -2.00. The number of aromatic nitrogens is 2. The molecule has 0 amide bonds. The van der Waals surface area contributed by atoms with Gasteiger partial charge in [0.25, 0.3) is 0 Å². The zero-order valence-electron chi connectivity index (χ0n) is 11.1. The lowest BCUT2D eigenvalue weighted by Gasteiger charge is -2.07. The van der Waals surface area contributed by atoms with Crippen molar-refractivity contribution in [3.63, 3.8) is 0 Å². The highest BCUT2D eigenvalue weighted by atomic mass is 32.2. The third-order valence-corrected chi connectivity index (χ3v) is 3.68.